The van der Waals surface area contributed by atoms with Gasteiger partial charge in [0, 0.05) is 18.6 Å². The molecule has 2 heteroatoms. The Morgan fingerprint density at radius 3 is 2.82 bits per heavy atom. The fraction of sp³-hybridized carbons (Fsp3) is 1.00. The maximum Gasteiger partial charge on any atom is 0.0232 e. The molecule has 1 aliphatic heterocycles. The van der Waals surface area contributed by atoms with Gasteiger partial charge in [0.05, 0.1) is 0 Å². The van der Waals surface area contributed by atoms with Gasteiger partial charge in [0.2, 0.25) is 0 Å². The molecular formula is C9H20N2. The highest BCUT2D eigenvalue weighted by atomic mass is 15.2. The van der Waals surface area contributed by atoms with Crippen LogP contribution in [0.1, 0.15) is 26.7 Å². The molecule has 1 saturated heterocycles. The molecule has 0 aromatic rings. The average Bonchev–Trinajstić information content (AvgIpc) is 2.53. The molecule has 0 aromatic carbocycles. The fourth-order valence-corrected chi connectivity index (χ4v) is 1.63. The Labute approximate surface area is 70.0 Å². The smallest absolute Gasteiger partial charge is 0.0232 e. The largest absolute Gasteiger partial charge is 0.315 e. The molecule has 0 spiro atoms. The molecule has 0 amide bonds. The van der Waals surface area contributed by atoms with E-state index >= 15 is 0 Å². The van der Waals surface area contributed by atoms with E-state index in [1.165, 1.54) is 25.9 Å². The normalized spacial score (nSPS) is 27.8. The topological polar surface area (TPSA) is 15.3 Å². The van der Waals surface area contributed by atoms with Crippen molar-refractivity contribution in [2.24, 2.45) is 0 Å². The van der Waals surface area contributed by atoms with Crippen LogP contribution >= 0.6 is 0 Å². The zero-order valence-corrected chi connectivity index (χ0v) is 7.93. The lowest BCUT2D eigenvalue weighted by Gasteiger charge is -2.29. The quantitative estimate of drug-likeness (QED) is 0.658. The molecule has 0 saturated carbocycles. The van der Waals surface area contributed by atoms with Crippen LogP contribution in [0.25, 0.3) is 0 Å². The van der Waals surface area contributed by atoms with Crippen LogP contribution in [0.4, 0.5) is 0 Å². The van der Waals surface area contributed by atoms with Gasteiger partial charge in [-0.15, -0.1) is 0 Å². The van der Waals surface area contributed by atoms with Gasteiger partial charge in [-0.1, -0.05) is 6.92 Å². The van der Waals surface area contributed by atoms with Gasteiger partial charge in [-0.3, -0.25) is 4.90 Å². The highest BCUT2D eigenvalue weighted by molar-refractivity contribution is 4.80. The Morgan fingerprint density at radius 1 is 1.64 bits per heavy atom. The van der Waals surface area contributed by atoms with Gasteiger partial charge in [-0.25, -0.2) is 0 Å². The molecule has 0 bridgehead atoms. The molecule has 1 heterocycles. The monoisotopic (exact) mass is 156 g/mol. The summed E-state index contributed by atoms with van der Waals surface area (Å²) < 4.78 is 0. The van der Waals surface area contributed by atoms with Gasteiger partial charge in [-0.05, 0) is 33.4 Å². The van der Waals surface area contributed by atoms with Crippen LogP contribution in [0.15, 0.2) is 0 Å². The van der Waals surface area contributed by atoms with E-state index in [2.05, 4.69) is 31.1 Å². The number of nitrogens with one attached hydrogen (secondary N) is 1. The first-order chi connectivity index (χ1) is 5.25. The molecule has 2 nitrogen and oxygen atoms in total. The second-order valence-electron chi connectivity index (χ2n) is 3.57. The molecule has 66 valence electrons. The fourth-order valence-electron chi connectivity index (χ4n) is 1.63. The number of likely N-dealkylation sites (N-methyl/N-ethyl adjacent to an activating group) is 1. The summed E-state index contributed by atoms with van der Waals surface area (Å²) in [4.78, 5) is 2.50. The van der Waals surface area contributed by atoms with E-state index in [0.717, 1.165) is 12.1 Å². The van der Waals surface area contributed by atoms with Crippen LogP contribution in [0.5, 0.6) is 0 Å². The molecule has 1 rings (SSSR count). The van der Waals surface area contributed by atoms with Crippen LogP contribution in [0.3, 0.4) is 0 Å². The van der Waals surface area contributed by atoms with Crippen LogP contribution in [-0.2, 0) is 0 Å². The van der Waals surface area contributed by atoms with E-state index in [9.17, 15) is 0 Å². The molecule has 11 heavy (non-hydrogen) atoms. The molecule has 0 radical (unpaired) electrons. The van der Waals surface area contributed by atoms with Crippen molar-refractivity contribution in [1.29, 1.82) is 0 Å². The Kier molecular flexibility index (Phi) is 3.34. The van der Waals surface area contributed by atoms with E-state index in [4.69, 9.17) is 0 Å². The second kappa shape index (κ2) is 4.07. The number of hydrogen-bond donors (Lipinski definition) is 1. The van der Waals surface area contributed by atoms with Crippen molar-refractivity contribution in [2.75, 3.05) is 20.1 Å². The maximum atomic E-state index is 3.39. The first kappa shape index (κ1) is 9.01. The lowest BCUT2D eigenvalue weighted by molar-refractivity contribution is 0.191. The van der Waals surface area contributed by atoms with Gasteiger partial charge >= 0.3 is 0 Å². The van der Waals surface area contributed by atoms with E-state index in [-0.39, 0.29) is 0 Å². The minimum Gasteiger partial charge on any atom is -0.315 e. The van der Waals surface area contributed by atoms with Crippen LogP contribution in [-0.4, -0.2) is 37.1 Å². The molecular weight excluding hydrogens is 136 g/mol. The van der Waals surface area contributed by atoms with Crippen molar-refractivity contribution >= 4 is 0 Å². The molecule has 1 N–H and O–H groups in total. The third-order valence-electron chi connectivity index (χ3n) is 2.90. The first-order valence-corrected chi connectivity index (χ1v) is 4.68. The molecule has 0 aliphatic carbocycles. The predicted molar refractivity (Wildman–Crippen MR) is 48.8 cm³/mol. The summed E-state index contributed by atoms with van der Waals surface area (Å²) in [5.74, 6) is 0. The minimum atomic E-state index is 0.736. The van der Waals surface area contributed by atoms with Crippen molar-refractivity contribution in [1.82, 2.24) is 10.2 Å². The highest BCUT2D eigenvalue weighted by Gasteiger charge is 2.21. The molecule has 2 unspecified atom stereocenters. The minimum absolute atomic E-state index is 0.736. The van der Waals surface area contributed by atoms with Crippen molar-refractivity contribution in [3.05, 3.63) is 0 Å². The van der Waals surface area contributed by atoms with E-state index in [1.807, 2.05) is 0 Å². The summed E-state index contributed by atoms with van der Waals surface area (Å²) in [5.41, 5.74) is 0. The first-order valence-electron chi connectivity index (χ1n) is 4.68. The summed E-state index contributed by atoms with van der Waals surface area (Å²) >= 11 is 0. The van der Waals surface area contributed by atoms with Gasteiger partial charge in [0.25, 0.3) is 0 Å². The Bertz CT molecular complexity index is 108. The van der Waals surface area contributed by atoms with Gasteiger partial charge in [0.1, 0.15) is 0 Å². The van der Waals surface area contributed by atoms with Gasteiger partial charge < -0.3 is 5.32 Å². The Balaban J connectivity index is 2.32. The van der Waals surface area contributed by atoms with Crippen molar-refractivity contribution in [2.45, 2.75) is 38.8 Å². The highest BCUT2D eigenvalue weighted by Crippen LogP contribution is 2.11. The van der Waals surface area contributed by atoms with Crippen molar-refractivity contribution in [3.63, 3.8) is 0 Å². The summed E-state index contributed by atoms with van der Waals surface area (Å²) in [7, 11) is 2.24. The lowest BCUT2D eigenvalue weighted by atomic mass is 10.1. The van der Waals surface area contributed by atoms with E-state index in [0.29, 0.717) is 0 Å². The number of rotatable bonds is 3. The zero-order valence-electron chi connectivity index (χ0n) is 7.93. The van der Waals surface area contributed by atoms with Crippen molar-refractivity contribution in [3.8, 4) is 0 Å². The standard InChI is InChI=1S/C9H20N2/c1-4-8(2)11(3)9-5-6-10-7-9/h8-10H,4-7H2,1-3H3. The van der Waals surface area contributed by atoms with E-state index in [1.54, 1.807) is 0 Å². The predicted octanol–water partition coefficient (Wildman–Crippen LogP) is 1.08. The molecule has 0 aromatic heterocycles. The van der Waals surface area contributed by atoms with Crippen molar-refractivity contribution < 1.29 is 0 Å². The SMILES string of the molecule is CCC(C)N(C)C1CCNC1. The number of nitrogens with zero attached hydrogens (tertiary/aromatic N) is 1. The van der Waals surface area contributed by atoms with Gasteiger partial charge in [-0.2, -0.15) is 0 Å². The second-order valence-corrected chi connectivity index (χ2v) is 3.57. The Hall–Kier alpha value is -0.0800. The summed E-state index contributed by atoms with van der Waals surface area (Å²) in [5, 5.41) is 3.39. The molecule has 1 aliphatic rings. The van der Waals surface area contributed by atoms with Crippen LogP contribution in [0.2, 0.25) is 0 Å². The lowest BCUT2D eigenvalue weighted by Crippen LogP contribution is -2.39. The number of hydrogen-bond acceptors (Lipinski definition) is 2. The zero-order chi connectivity index (χ0) is 8.27. The van der Waals surface area contributed by atoms with E-state index < -0.39 is 0 Å². The molecule has 2 atom stereocenters. The van der Waals surface area contributed by atoms with Crippen LogP contribution in [0, 0.1) is 0 Å². The average molecular weight is 156 g/mol. The summed E-state index contributed by atoms with van der Waals surface area (Å²) in [6.45, 7) is 6.94. The third kappa shape index (κ3) is 2.17. The summed E-state index contributed by atoms with van der Waals surface area (Å²) in [6, 6.07) is 1.52. The maximum absolute atomic E-state index is 3.39. The van der Waals surface area contributed by atoms with Crippen LogP contribution < -0.4 is 5.32 Å². The molecule has 1 fully saturated rings. The Morgan fingerprint density at radius 2 is 2.36 bits per heavy atom. The third-order valence-corrected chi connectivity index (χ3v) is 2.90. The van der Waals surface area contributed by atoms with Gasteiger partial charge in [0.15, 0.2) is 0 Å². The summed E-state index contributed by atoms with van der Waals surface area (Å²) in [6.07, 6.45) is 2.58.